The summed E-state index contributed by atoms with van der Waals surface area (Å²) in [6.45, 7) is 8.25. The third-order valence-electron chi connectivity index (χ3n) is 7.04. The van der Waals surface area contributed by atoms with Crippen LogP contribution in [0.1, 0.15) is 32.1 Å². The second-order valence-electron chi connectivity index (χ2n) is 8.94. The van der Waals surface area contributed by atoms with Crippen molar-refractivity contribution < 1.29 is 4.79 Å². The zero-order valence-corrected chi connectivity index (χ0v) is 18.7. The molecule has 3 heterocycles. The summed E-state index contributed by atoms with van der Waals surface area (Å²) in [5.41, 5.74) is 1.09. The van der Waals surface area contributed by atoms with E-state index < -0.39 is 0 Å². The van der Waals surface area contributed by atoms with Crippen molar-refractivity contribution in [3.05, 3.63) is 24.3 Å². The maximum absolute atomic E-state index is 12.9. The SMILES string of the molecule is O=C(CN1CCN(c2nc3ccccc3s2)CC1)N1CCN(C2CCCCC2)CC1. The number of carbonyl (C=O) groups is 1. The van der Waals surface area contributed by atoms with Gasteiger partial charge in [-0.25, -0.2) is 4.98 Å². The highest BCUT2D eigenvalue weighted by Crippen LogP contribution is 2.29. The number of anilines is 1. The number of amides is 1. The number of hydrogen-bond donors (Lipinski definition) is 0. The summed E-state index contributed by atoms with van der Waals surface area (Å²) in [6.07, 6.45) is 6.88. The molecule has 0 unspecified atom stereocenters. The van der Waals surface area contributed by atoms with Gasteiger partial charge in [0, 0.05) is 58.4 Å². The number of para-hydroxylation sites is 1. The molecule has 6 nitrogen and oxygen atoms in total. The first-order chi connectivity index (χ1) is 14.8. The van der Waals surface area contributed by atoms with Crippen LogP contribution in [-0.4, -0.2) is 90.5 Å². The van der Waals surface area contributed by atoms with E-state index in [-0.39, 0.29) is 0 Å². The van der Waals surface area contributed by atoms with E-state index >= 15 is 0 Å². The molecule has 0 atom stereocenters. The van der Waals surface area contributed by atoms with Gasteiger partial charge in [0.05, 0.1) is 16.8 Å². The second-order valence-corrected chi connectivity index (χ2v) is 9.95. The first-order valence-electron chi connectivity index (χ1n) is 11.6. The second kappa shape index (κ2) is 9.20. The molecule has 3 fully saturated rings. The van der Waals surface area contributed by atoms with Crippen molar-refractivity contribution in [1.82, 2.24) is 19.7 Å². The molecule has 3 aliphatic rings. The van der Waals surface area contributed by atoms with E-state index in [2.05, 4.69) is 37.8 Å². The smallest absolute Gasteiger partial charge is 0.236 e. The van der Waals surface area contributed by atoms with Gasteiger partial charge in [0.15, 0.2) is 5.13 Å². The van der Waals surface area contributed by atoms with E-state index in [0.29, 0.717) is 12.5 Å². The van der Waals surface area contributed by atoms with E-state index in [9.17, 15) is 4.79 Å². The van der Waals surface area contributed by atoms with Gasteiger partial charge in [0.2, 0.25) is 5.91 Å². The Kier molecular flexibility index (Phi) is 6.20. The number of carbonyl (C=O) groups excluding carboxylic acids is 1. The van der Waals surface area contributed by atoms with Gasteiger partial charge in [-0.1, -0.05) is 42.7 Å². The molecule has 162 valence electrons. The van der Waals surface area contributed by atoms with Crippen molar-refractivity contribution >= 4 is 32.6 Å². The molecular formula is C23H33N5OS. The van der Waals surface area contributed by atoms with Crippen LogP contribution in [0.4, 0.5) is 5.13 Å². The summed E-state index contributed by atoms with van der Waals surface area (Å²) in [4.78, 5) is 27.1. The molecule has 0 spiro atoms. The van der Waals surface area contributed by atoms with Gasteiger partial charge in [0.25, 0.3) is 0 Å². The Morgan fingerprint density at radius 1 is 0.933 bits per heavy atom. The lowest BCUT2D eigenvalue weighted by molar-refractivity contribution is -0.134. The lowest BCUT2D eigenvalue weighted by Crippen LogP contribution is -2.55. The highest BCUT2D eigenvalue weighted by atomic mass is 32.1. The molecule has 5 rings (SSSR count). The summed E-state index contributed by atoms with van der Waals surface area (Å²) in [5.74, 6) is 0.312. The van der Waals surface area contributed by atoms with Crippen molar-refractivity contribution in [2.75, 3.05) is 63.8 Å². The van der Waals surface area contributed by atoms with Crippen LogP contribution in [0.5, 0.6) is 0 Å². The highest BCUT2D eigenvalue weighted by molar-refractivity contribution is 7.22. The summed E-state index contributed by atoms with van der Waals surface area (Å²) in [5, 5.41) is 1.11. The van der Waals surface area contributed by atoms with Gasteiger partial charge in [-0.3, -0.25) is 14.6 Å². The van der Waals surface area contributed by atoms with Crippen molar-refractivity contribution in [3.63, 3.8) is 0 Å². The number of benzene rings is 1. The Balaban J connectivity index is 1.08. The van der Waals surface area contributed by atoms with Gasteiger partial charge >= 0.3 is 0 Å². The summed E-state index contributed by atoms with van der Waals surface area (Å²) in [7, 11) is 0. The molecule has 1 aliphatic carbocycles. The number of fused-ring (bicyclic) bond motifs is 1. The molecule has 7 heteroatoms. The van der Waals surface area contributed by atoms with Gasteiger partial charge in [-0.05, 0) is 25.0 Å². The molecular weight excluding hydrogens is 394 g/mol. The zero-order valence-electron chi connectivity index (χ0n) is 17.8. The summed E-state index contributed by atoms with van der Waals surface area (Å²) < 4.78 is 1.25. The number of rotatable bonds is 4. The van der Waals surface area contributed by atoms with Crippen LogP contribution in [0.3, 0.4) is 0 Å². The quantitative estimate of drug-likeness (QED) is 0.751. The van der Waals surface area contributed by atoms with Gasteiger partial charge < -0.3 is 9.80 Å². The predicted octanol–water partition coefficient (Wildman–Crippen LogP) is 2.90. The third-order valence-corrected chi connectivity index (χ3v) is 8.14. The Bertz CT molecular complexity index is 815. The van der Waals surface area contributed by atoms with Crippen LogP contribution in [0, 0.1) is 0 Å². The topological polar surface area (TPSA) is 42.9 Å². The van der Waals surface area contributed by atoms with E-state index in [4.69, 9.17) is 4.98 Å². The minimum atomic E-state index is 0.312. The third kappa shape index (κ3) is 4.48. The van der Waals surface area contributed by atoms with Crippen molar-refractivity contribution in [1.29, 1.82) is 0 Å². The maximum atomic E-state index is 12.9. The Labute approximate surface area is 183 Å². The fourth-order valence-corrected chi connectivity index (χ4v) is 6.18. The van der Waals surface area contributed by atoms with E-state index in [1.54, 1.807) is 11.3 Å². The van der Waals surface area contributed by atoms with Gasteiger partial charge in [-0.15, -0.1) is 0 Å². The van der Waals surface area contributed by atoms with Crippen LogP contribution in [0.2, 0.25) is 0 Å². The molecule has 0 radical (unpaired) electrons. The molecule has 1 aromatic carbocycles. The molecule has 2 aromatic rings. The number of thiazole rings is 1. The monoisotopic (exact) mass is 427 g/mol. The summed E-state index contributed by atoms with van der Waals surface area (Å²) in [6, 6.07) is 9.11. The molecule has 2 aliphatic heterocycles. The van der Waals surface area contributed by atoms with Gasteiger partial charge in [0.1, 0.15) is 0 Å². The first kappa shape index (κ1) is 20.2. The average molecular weight is 428 g/mol. The molecule has 0 N–H and O–H groups in total. The normalized spacial score (nSPS) is 22.7. The molecule has 0 bridgehead atoms. The predicted molar refractivity (Wildman–Crippen MR) is 123 cm³/mol. The minimum Gasteiger partial charge on any atom is -0.345 e. The van der Waals surface area contributed by atoms with Crippen LogP contribution < -0.4 is 4.90 Å². The number of aromatic nitrogens is 1. The number of hydrogen-bond acceptors (Lipinski definition) is 6. The lowest BCUT2D eigenvalue weighted by Gasteiger charge is -2.41. The lowest BCUT2D eigenvalue weighted by atomic mass is 9.94. The summed E-state index contributed by atoms with van der Waals surface area (Å²) >= 11 is 1.77. The highest BCUT2D eigenvalue weighted by Gasteiger charge is 2.28. The zero-order chi connectivity index (χ0) is 20.3. The minimum absolute atomic E-state index is 0.312. The number of piperazine rings is 2. The Hall–Kier alpha value is -1.70. The maximum Gasteiger partial charge on any atom is 0.236 e. The van der Waals surface area contributed by atoms with Crippen LogP contribution >= 0.6 is 11.3 Å². The molecule has 2 saturated heterocycles. The molecule has 1 aromatic heterocycles. The van der Waals surface area contributed by atoms with Crippen molar-refractivity contribution in [2.24, 2.45) is 0 Å². The van der Waals surface area contributed by atoms with Crippen LogP contribution in [-0.2, 0) is 4.79 Å². The molecule has 30 heavy (non-hydrogen) atoms. The van der Waals surface area contributed by atoms with Crippen molar-refractivity contribution in [3.8, 4) is 0 Å². The molecule has 1 saturated carbocycles. The standard InChI is InChI=1S/C23H33N5OS/c29-22(27-16-14-26(15-17-27)19-6-2-1-3-7-19)18-25-10-12-28(13-11-25)23-24-20-8-4-5-9-21(20)30-23/h4-5,8-9,19H,1-3,6-7,10-18H2. The molecule has 1 amide bonds. The van der Waals surface area contributed by atoms with Crippen LogP contribution in [0.25, 0.3) is 10.2 Å². The fraction of sp³-hybridized carbons (Fsp3) is 0.652. The fourth-order valence-electron chi connectivity index (χ4n) is 5.17. The average Bonchev–Trinajstić information content (AvgIpc) is 3.25. The van der Waals surface area contributed by atoms with E-state index in [1.165, 1.54) is 36.8 Å². The van der Waals surface area contributed by atoms with E-state index in [1.807, 2.05) is 6.07 Å². The number of nitrogens with zero attached hydrogens (tertiary/aromatic N) is 5. The van der Waals surface area contributed by atoms with E-state index in [0.717, 1.165) is 69.0 Å². The Morgan fingerprint density at radius 3 is 2.40 bits per heavy atom. The van der Waals surface area contributed by atoms with Gasteiger partial charge in [-0.2, -0.15) is 0 Å². The Morgan fingerprint density at radius 2 is 1.67 bits per heavy atom. The largest absolute Gasteiger partial charge is 0.345 e. The first-order valence-corrected chi connectivity index (χ1v) is 12.4. The van der Waals surface area contributed by atoms with Crippen LogP contribution in [0.15, 0.2) is 24.3 Å². The van der Waals surface area contributed by atoms with Crippen molar-refractivity contribution in [2.45, 2.75) is 38.1 Å².